The van der Waals surface area contributed by atoms with E-state index >= 15 is 0 Å². The van der Waals surface area contributed by atoms with E-state index in [0.717, 1.165) is 5.92 Å². The van der Waals surface area contributed by atoms with E-state index in [2.05, 4.69) is 63.3 Å². The molecule has 2 atom stereocenters. The van der Waals surface area contributed by atoms with Crippen molar-refractivity contribution in [2.45, 2.75) is 71.9 Å². The molecule has 0 heterocycles. The lowest BCUT2D eigenvalue weighted by molar-refractivity contribution is 0.224. The third-order valence-electron chi connectivity index (χ3n) is 5.32. The van der Waals surface area contributed by atoms with Crippen molar-refractivity contribution in [3.8, 4) is 0 Å². The summed E-state index contributed by atoms with van der Waals surface area (Å²) in [4.78, 5) is 0. The summed E-state index contributed by atoms with van der Waals surface area (Å²) in [5, 5.41) is 4.02. The van der Waals surface area contributed by atoms with Crippen LogP contribution in [0.1, 0.15) is 71.4 Å². The first-order valence-electron chi connectivity index (χ1n) is 8.39. The lowest BCUT2D eigenvalue weighted by Crippen LogP contribution is -2.42. The summed E-state index contributed by atoms with van der Waals surface area (Å²) in [6, 6.07) is 12.2. The molecule has 1 aliphatic carbocycles. The van der Waals surface area contributed by atoms with Crippen LogP contribution in [0.3, 0.4) is 0 Å². The van der Waals surface area contributed by atoms with E-state index in [9.17, 15) is 0 Å². The van der Waals surface area contributed by atoms with Crippen LogP contribution in [-0.4, -0.2) is 6.04 Å². The minimum atomic E-state index is 0.444. The van der Waals surface area contributed by atoms with E-state index in [1.165, 1.54) is 37.7 Å². The zero-order chi connectivity index (χ0) is 14.6. The van der Waals surface area contributed by atoms with Gasteiger partial charge in [-0.05, 0) is 29.7 Å². The highest BCUT2D eigenvalue weighted by atomic mass is 15.0. The Balaban J connectivity index is 2.19. The van der Waals surface area contributed by atoms with Crippen molar-refractivity contribution in [1.29, 1.82) is 0 Å². The van der Waals surface area contributed by atoms with Gasteiger partial charge < -0.3 is 5.32 Å². The van der Waals surface area contributed by atoms with Crippen molar-refractivity contribution in [3.05, 3.63) is 35.9 Å². The zero-order valence-electron chi connectivity index (χ0n) is 13.7. The maximum absolute atomic E-state index is 4.02. The van der Waals surface area contributed by atoms with Crippen molar-refractivity contribution in [2.24, 2.45) is 11.3 Å². The average molecular weight is 273 g/mol. The van der Waals surface area contributed by atoms with Crippen LogP contribution in [0.5, 0.6) is 0 Å². The molecule has 0 spiro atoms. The zero-order valence-corrected chi connectivity index (χ0v) is 13.7. The molecule has 2 rings (SSSR count). The third-order valence-corrected chi connectivity index (χ3v) is 5.32. The number of rotatable bonds is 6. The SMILES string of the molecule is CCC(CC)C(NC1CCCC1(C)C)c1ccccc1. The predicted octanol–water partition coefficient (Wildman–Crippen LogP) is 5.33. The van der Waals surface area contributed by atoms with Gasteiger partial charge in [0.2, 0.25) is 0 Å². The average Bonchev–Trinajstić information content (AvgIpc) is 2.79. The highest BCUT2D eigenvalue weighted by Crippen LogP contribution is 2.40. The second-order valence-electron chi connectivity index (χ2n) is 7.06. The Labute approximate surface area is 125 Å². The molecule has 0 aromatic heterocycles. The first-order chi connectivity index (χ1) is 9.58. The van der Waals surface area contributed by atoms with Crippen molar-refractivity contribution in [1.82, 2.24) is 5.32 Å². The highest BCUT2D eigenvalue weighted by Gasteiger charge is 2.36. The van der Waals surface area contributed by atoms with Crippen molar-refractivity contribution in [3.63, 3.8) is 0 Å². The van der Waals surface area contributed by atoms with Crippen molar-refractivity contribution in [2.75, 3.05) is 0 Å². The second-order valence-corrected chi connectivity index (χ2v) is 7.06. The molecular formula is C19H31N. The van der Waals surface area contributed by atoms with Gasteiger partial charge in [-0.3, -0.25) is 0 Å². The smallest absolute Gasteiger partial charge is 0.0351 e. The van der Waals surface area contributed by atoms with E-state index < -0.39 is 0 Å². The molecule has 1 aromatic rings. The van der Waals surface area contributed by atoms with Crippen LogP contribution < -0.4 is 5.32 Å². The molecule has 1 aromatic carbocycles. The van der Waals surface area contributed by atoms with Crippen LogP contribution in [0.15, 0.2) is 30.3 Å². The fraction of sp³-hybridized carbons (Fsp3) is 0.684. The van der Waals surface area contributed by atoms with E-state index in [-0.39, 0.29) is 0 Å². The lowest BCUT2D eigenvalue weighted by atomic mass is 9.83. The first-order valence-corrected chi connectivity index (χ1v) is 8.39. The maximum atomic E-state index is 4.02. The van der Waals surface area contributed by atoms with E-state index in [1.807, 2.05) is 0 Å². The third kappa shape index (κ3) is 3.44. The molecule has 1 nitrogen and oxygen atoms in total. The Hall–Kier alpha value is -0.820. The Morgan fingerprint density at radius 3 is 2.30 bits per heavy atom. The van der Waals surface area contributed by atoms with Crippen LogP contribution in [0.25, 0.3) is 0 Å². The fourth-order valence-electron chi connectivity index (χ4n) is 3.78. The molecule has 0 bridgehead atoms. The summed E-state index contributed by atoms with van der Waals surface area (Å²) >= 11 is 0. The predicted molar refractivity (Wildman–Crippen MR) is 87.8 cm³/mol. The molecule has 1 heteroatoms. The molecular weight excluding hydrogens is 242 g/mol. The van der Waals surface area contributed by atoms with Crippen LogP contribution >= 0.6 is 0 Å². The summed E-state index contributed by atoms with van der Waals surface area (Å²) in [6.45, 7) is 9.50. The van der Waals surface area contributed by atoms with Gasteiger partial charge in [0.05, 0.1) is 0 Å². The lowest BCUT2D eigenvalue weighted by Gasteiger charge is -2.35. The standard InChI is InChI=1S/C19H31N/c1-5-15(6-2)18(16-11-8-7-9-12-16)20-17-13-10-14-19(17,3)4/h7-9,11-12,15,17-18,20H,5-6,10,13-14H2,1-4H3. The Bertz CT molecular complexity index is 391. The molecule has 0 radical (unpaired) electrons. The van der Waals surface area contributed by atoms with Crippen molar-refractivity contribution < 1.29 is 0 Å². The normalized spacial score (nSPS) is 23.1. The van der Waals surface area contributed by atoms with E-state index in [0.29, 0.717) is 17.5 Å². The molecule has 112 valence electrons. The van der Waals surface area contributed by atoms with Gasteiger partial charge in [-0.2, -0.15) is 0 Å². The van der Waals surface area contributed by atoms with Crippen LogP contribution in [-0.2, 0) is 0 Å². The summed E-state index contributed by atoms with van der Waals surface area (Å²) in [5.41, 5.74) is 1.91. The first kappa shape index (κ1) is 15.6. The van der Waals surface area contributed by atoms with Gasteiger partial charge in [-0.15, -0.1) is 0 Å². The number of nitrogens with one attached hydrogen (secondary N) is 1. The van der Waals surface area contributed by atoms with Gasteiger partial charge >= 0.3 is 0 Å². The number of benzene rings is 1. The molecule has 0 amide bonds. The summed E-state index contributed by atoms with van der Waals surface area (Å²) in [6.07, 6.45) is 6.55. The molecule has 1 fully saturated rings. The second kappa shape index (κ2) is 6.76. The molecule has 1 saturated carbocycles. The monoisotopic (exact) mass is 273 g/mol. The molecule has 2 unspecified atom stereocenters. The maximum Gasteiger partial charge on any atom is 0.0351 e. The fourth-order valence-corrected chi connectivity index (χ4v) is 3.78. The van der Waals surface area contributed by atoms with Gasteiger partial charge in [-0.25, -0.2) is 0 Å². The topological polar surface area (TPSA) is 12.0 Å². The van der Waals surface area contributed by atoms with Gasteiger partial charge in [0.25, 0.3) is 0 Å². The van der Waals surface area contributed by atoms with E-state index in [4.69, 9.17) is 0 Å². The molecule has 1 N–H and O–H groups in total. The number of hydrogen-bond donors (Lipinski definition) is 1. The summed E-state index contributed by atoms with van der Waals surface area (Å²) < 4.78 is 0. The van der Waals surface area contributed by atoms with Gasteiger partial charge in [0, 0.05) is 12.1 Å². The van der Waals surface area contributed by atoms with E-state index in [1.54, 1.807) is 0 Å². The van der Waals surface area contributed by atoms with Crippen LogP contribution in [0.4, 0.5) is 0 Å². The summed E-state index contributed by atoms with van der Waals surface area (Å²) in [7, 11) is 0. The van der Waals surface area contributed by atoms with Crippen LogP contribution in [0.2, 0.25) is 0 Å². The minimum Gasteiger partial charge on any atom is -0.306 e. The molecule has 0 saturated heterocycles. The number of hydrogen-bond acceptors (Lipinski definition) is 1. The Morgan fingerprint density at radius 1 is 1.15 bits per heavy atom. The molecule has 0 aliphatic heterocycles. The van der Waals surface area contributed by atoms with Gasteiger partial charge in [-0.1, -0.05) is 77.3 Å². The quantitative estimate of drug-likeness (QED) is 0.738. The highest BCUT2D eigenvalue weighted by molar-refractivity contribution is 5.20. The molecule has 20 heavy (non-hydrogen) atoms. The van der Waals surface area contributed by atoms with Gasteiger partial charge in [0.1, 0.15) is 0 Å². The molecule has 1 aliphatic rings. The minimum absolute atomic E-state index is 0.444. The Morgan fingerprint density at radius 2 is 1.80 bits per heavy atom. The Kier molecular flexibility index (Phi) is 5.26. The summed E-state index contributed by atoms with van der Waals surface area (Å²) in [5.74, 6) is 0.730. The van der Waals surface area contributed by atoms with Gasteiger partial charge in [0.15, 0.2) is 0 Å². The largest absolute Gasteiger partial charge is 0.306 e. The van der Waals surface area contributed by atoms with Crippen LogP contribution in [0, 0.1) is 11.3 Å². The van der Waals surface area contributed by atoms with Crippen molar-refractivity contribution >= 4 is 0 Å².